The van der Waals surface area contributed by atoms with Crippen LogP contribution in [0.2, 0.25) is 5.02 Å². The van der Waals surface area contributed by atoms with Gasteiger partial charge >= 0.3 is 0 Å². The summed E-state index contributed by atoms with van der Waals surface area (Å²) in [5.41, 5.74) is 1.24. The fourth-order valence-electron chi connectivity index (χ4n) is 2.80. The van der Waals surface area contributed by atoms with Crippen LogP contribution in [0.3, 0.4) is 0 Å². The van der Waals surface area contributed by atoms with Gasteiger partial charge in [-0.3, -0.25) is 9.69 Å². The Morgan fingerprint density at radius 2 is 2.00 bits per heavy atom. The molecule has 1 amide bonds. The minimum Gasteiger partial charge on any atom is -0.384 e. The topological polar surface area (TPSA) is 32.8 Å². The lowest BCUT2D eigenvalue weighted by Crippen LogP contribution is -2.35. The summed E-state index contributed by atoms with van der Waals surface area (Å²) in [5, 5.41) is 0.759. The number of ether oxygens (including phenoxy) is 1. The van der Waals surface area contributed by atoms with E-state index in [0.29, 0.717) is 12.5 Å². The highest BCUT2D eigenvalue weighted by Crippen LogP contribution is 2.15. The van der Waals surface area contributed by atoms with Crippen molar-refractivity contribution in [3.63, 3.8) is 0 Å². The Morgan fingerprint density at radius 3 is 2.62 bits per heavy atom. The number of halogens is 1. The van der Waals surface area contributed by atoms with E-state index in [-0.39, 0.29) is 5.91 Å². The van der Waals surface area contributed by atoms with Gasteiger partial charge in [-0.05, 0) is 17.7 Å². The number of carbonyl (C=O) groups is 1. The second-order valence-corrected chi connectivity index (χ2v) is 6.08. The summed E-state index contributed by atoms with van der Waals surface area (Å²) in [7, 11) is 1.71. The monoisotopic (exact) mass is 310 g/mol. The second-order valence-electron chi connectivity index (χ2n) is 5.65. The van der Waals surface area contributed by atoms with Crippen LogP contribution in [0.4, 0.5) is 0 Å². The van der Waals surface area contributed by atoms with Crippen molar-refractivity contribution in [1.29, 1.82) is 0 Å². The smallest absolute Gasteiger partial charge is 0.219 e. The van der Waals surface area contributed by atoms with E-state index in [1.54, 1.807) is 14.0 Å². The van der Waals surface area contributed by atoms with Crippen molar-refractivity contribution in [1.82, 2.24) is 9.80 Å². The SMILES string of the molecule is COC[C@@H]1CN(Cc2ccc(Cl)cc2)CCN(C(C)=O)C1. The molecule has 0 N–H and O–H groups in total. The highest BCUT2D eigenvalue weighted by atomic mass is 35.5. The van der Waals surface area contributed by atoms with Gasteiger partial charge in [-0.15, -0.1) is 0 Å². The zero-order chi connectivity index (χ0) is 15.2. The number of amides is 1. The molecule has 4 nitrogen and oxygen atoms in total. The second kappa shape index (κ2) is 7.78. The molecular formula is C16H23ClN2O2. The number of rotatable bonds is 4. The Labute approximate surface area is 131 Å². The maximum atomic E-state index is 11.7. The normalized spacial score (nSPS) is 20.3. The Hall–Kier alpha value is -1.10. The molecule has 0 unspecified atom stereocenters. The van der Waals surface area contributed by atoms with Crippen molar-refractivity contribution in [3.8, 4) is 0 Å². The summed E-state index contributed by atoms with van der Waals surface area (Å²) in [6.45, 7) is 6.59. The molecule has 1 heterocycles. The van der Waals surface area contributed by atoms with Crippen LogP contribution in [0.5, 0.6) is 0 Å². The molecular weight excluding hydrogens is 288 g/mol. The van der Waals surface area contributed by atoms with Crippen molar-refractivity contribution in [3.05, 3.63) is 34.9 Å². The number of hydrogen-bond donors (Lipinski definition) is 0. The van der Waals surface area contributed by atoms with Crippen molar-refractivity contribution >= 4 is 17.5 Å². The van der Waals surface area contributed by atoms with Gasteiger partial charge in [0.1, 0.15) is 0 Å². The first kappa shape index (κ1) is 16.3. The molecule has 1 saturated heterocycles. The fourth-order valence-corrected chi connectivity index (χ4v) is 2.92. The first-order chi connectivity index (χ1) is 10.1. The largest absolute Gasteiger partial charge is 0.384 e. The Balaban J connectivity index is 2.01. The number of hydrogen-bond acceptors (Lipinski definition) is 3. The predicted molar refractivity (Wildman–Crippen MR) is 84.3 cm³/mol. The van der Waals surface area contributed by atoms with Crippen LogP contribution >= 0.6 is 11.6 Å². The van der Waals surface area contributed by atoms with Crippen LogP contribution in [0, 0.1) is 5.92 Å². The zero-order valence-electron chi connectivity index (χ0n) is 12.7. The molecule has 1 aromatic rings. The molecule has 0 spiro atoms. The Bertz CT molecular complexity index is 464. The van der Waals surface area contributed by atoms with Crippen LogP contribution in [0.1, 0.15) is 12.5 Å². The van der Waals surface area contributed by atoms with Crippen LogP contribution in [-0.4, -0.2) is 55.6 Å². The molecule has 0 bridgehead atoms. The van der Waals surface area contributed by atoms with E-state index in [2.05, 4.69) is 17.0 Å². The molecule has 116 valence electrons. The summed E-state index contributed by atoms with van der Waals surface area (Å²) in [4.78, 5) is 16.0. The molecule has 1 atom stereocenters. The summed E-state index contributed by atoms with van der Waals surface area (Å²) in [6, 6.07) is 7.95. The third-order valence-electron chi connectivity index (χ3n) is 3.85. The maximum absolute atomic E-state index is 11.7. The highest BCUT2D eigenvalue weighted by molar-refractivity contribution is 6.30. The molecule has 0 saturated carbocycles. The van der Waals surface area contributed by atoms with E-state index in [9.17, 15) is 4.79 Å². The lowest BCUT2D eigenvalue weighted by molar-refractivity contribution is -0.129. The molecule has 1 fully saturated rings. The molecule has 1 aromatic carbocycles. The molecule has 21 heavy (non-hydrogen) atoms. The predicted octanol–water partition coefficient (Wildman–Crippen LogP) is 2.27. The van der Waals surface area contributed by atoms with Gasteiger partial charge in [0.2, 0.25) is 5.91 Å². The van der Waals surface area contributed by atoms with Gasteiger partial charge in [0.05, 0.1) is 6.61 Å². The highest BCUT2D eigenvalue weighted by Gasteiger charge is 2.24. The lowest BCUT2D eigenvalue weighted by Gasteiger charge is -2.23. The van der Waals surface area contributed by atoms with Gasteiger partial charge in [-0.2, -0.15) is 0 Å². The van der Waals surface area contributed by atoms with Crippen molar-refractivity contribution < 1.29 is 9.53 Å². The molecule has 1 aliphatic heterocycles. The van der Waals surface area contributed by atoms with Gasteiger partial charge in [0, 0.05) is 57.7 Å². The number of nitrogens with zero attached hydrogens (tertiary/aromatic N) is 2. The molecule has 0 radical (unpaired) electrons. The average molecular weight is 311 g/mol. The Morgan fingerprint density at radius 1 is 1.29 bits per heavy atom. The van der Waals surface area contributed by atoms with Gasteiger partial charge < -0.3 is 9.64 Å². The number of carbonyl (C=O) groups excluding carboxylic acids is 1. The number of benzene rings is 1. The van der Waals surface area contributed by atoms with Crippen LogP contribution < -0.4 is 0 Å². The maximum Gasteiger partial charge on any atom is 0.219 e. The van der Waals surface area contributed by atoms with E-state index in [4.69, 9.17) is 16.3 Å². The van der Waals surface area contributed by atoms with Gasteiger partial charge in [0.15, 0.2) is 0 Å². The molecule has 5 heteroatoms. The summed E-state index contributed by atoms with van der Waals surface area (Å²) < 4.78 is 5.30. The number of methoxy groups -OCH3 is 1. The zero-order valence-corrected chi connectivity index (χ0v) is 13.5. The van der Waals surface area contributed by atoms with Gasteiger partial charge in [0.25, 0.3) is 0 Å². The lowest BCUT2D eigenvalue weighted by atomic mass is 10.1. The first-order valence-corrected chi connectivity index (χ1v) is 7.67. The van der Waals surface area contributed by atoms with Crippen LogP contribution in [0.15, 0.2) is 24.3 Å². The molecule has 1 aliphatic rings. The molecule has 2 rings (SSSR count). The molecule has 0 aliphatic carbocycles. The van der Waals surface area contributed by atoms with Crippen LogP contribution in [0.25, 0.3) is 0 Å². The summed E-state index contributed by atoms with van der Waals surface area (Å²) in [6.07, 6.45) is 0. The molecule has 0 aromatic heterocycles. The minimum absolute atomic E-state index is 0.143. The van der Waals surface area contributed by atoms with E-state index in [1.807, 2.05) is 17.0 Å². The Kier molecular flexibility index (Phi) is 6.03. The van der Waals surface area contributed by atoms with Gasteiger partial charge in [-0.25, -0.2) is 0 Å². The third kappa shape index (κ3) is 4.99. The fraction of sp³-hybridized carbons (Fsp3) is 0.562. The quantitative estimate of drug-likeness (QED) is 0.855. The van der Waals surface area contributed by atoms with E-state index in [1.165, 1.54) is 5.56 Å². The van der Waals surface area contributed by atoms with Gasteiger partial charge in [-0.1, -0.05) is 23.7 Å². The minimum atomic E-state index is 0.143. The van der Waals surface area contributed by atoms with Crippen molar-refractivity contribution in [2.24, 2.45) is 5.92 Å². The first-order valence-electron chi connectivity index (χ1n) is 7.29. The van der Waals surface area contributed by atoms with Crippen molar-refractivity contribution in [2.75, 3.05) is 39.9 Å². The standard InChI is InChI=1S/C16H23ClN2O2/c1-13(20)19-8-7-18(10-15(11-19)12-21-2)9-14-3-5-16(17)6-4-14/h3-6,15H,7-12H2,1-2H3/t15-/m1/s1. The summed E-state index contributed by atoms with van der Waals surface area (Å²) >= 11 is 5.92. The third-order valence-corrected chi connectivity index (χ3v) is 4.10. The average Bonchev–Trinajstić information content (AvgIpc) is 2.64. The van der Waals surface area contributed by atoms with Crippen molar-refractivity contribution in [2.45, 2.75) is 13.5 Å². The van der Waals surface area contributed by atoms with E-state index >= 15 is 0 Å². The summed E-state index contributed by atoms with van der Waals surface area (Å²) in [5.74, 6) is 0.498. The van der Waals surface area contributed by atoms with E-state index in [0.717, 1.165) is 37.7 Å². The van der Waals surface area contributed by atoms with E-state index < -0.39 is 0 Å². The van der Waals surface area contributed by atoms with Crippen LogP contribution in [-0.2, 0) is 16.1 Å².